The summed E-state index contributed by atoms with van der Waals surface area (Å²) in [6, 6.07) is 12.3. The highest BCUT2D eigenvalue weighted by Crippen LogP contribution is 2.39. The number of hydrogen-bond donors (Lipinski definition) is 1. The SMILES string of the molecule is N#CB1CCN(c2ccc(C(=O)O)cc2Cl)[C@H](c2ccc(Cl)cc2)C1. The number of aromatic carboxylic acids is 1. The number of halogens is 2. The largest absolute Gasteiger partial charge is 0.478 e. The minimum Gasteiger partial charge on any atom is -0.478 e. The average Bonchev–Trinajstić information content (AvgIpc) is 2.62. The van der Waals surface area contributed by atoms with Gasteiger partial charge in [-0.15, -0.1) is 0 Å². The van der Waals surface area contributed by atoms with Crippen LogP contribution >= 0.6 is 23.2 Å². The van der Waals surface area contributed by atoms with E-state index in [9.17, 15) is 10.1 Å². The molecule has 4 nitrogen and oxygen atoms in total. The molecule has 1 atom stereocenters. The number of carboxylic acid groups (broad SMARTS) is 1. The Morgan fingerprint density at radius 1 is 1.24 bits per heavy atom. The van der Waals surface area contributed by atoms with E-state index in [2.05, 4.69) is 10.9 Å². The highest BCUT2D eigenvalue weighted by molar-refractivity contribution is 6.67. The fourth-order valence-electron chi connectivity index (χ4n) is 3.24. The lowest BCUT2D eigenvalue weighted by molar-refractivity contribution is 0.0697. The molecule has 1 fully saturated rings. The van der Waals surface area contributed by atoms with E-state index in [1.54, 1.807) is 12.1 Å². The fourth-order valence-corrected chi connectivity index (χ4v) is 3.66. The van der Waals surface area contributed by atoms with Gasteiger partial charge in [0.1, 0.15) is 0 Å². The van der Waals surface area contributed by atoms with Crippen LogP contribution in [0.2, 0.25) is 22.7 Å². The maximum atomic E-state index is 11.1. The van der Waals surface area contributed by atoms with Crippen molar-refractivity contribution in [2.24, 2.45) is 0 Å². The molecule has 1 heterocycles. The molecule has 1 aliphatic heterocycles. The van der Waals surface area contributed by atoms with Gasteiger partial charge in [0.15, 0.2) is 0 Å². The quantitative estimate of drug-likeness (QED) is 0.785. The van der Waals surface area contributed by atoms with Crippen LogP contribution in [0.1, 0.15) is 22.0 Å². The van der Waals surface area contributed by atoms with Gasteiger partial charge in [0.05, 0.1) is 16.3 Å². The summed E-state index contributed by atoms with van der Waals surface area (Å²) in [6.45, 7) is 0.659. The smallest absolute Gasteiger partial charge is 0.335 e. The minimum absolute atomic E-state index is 0.0103. The van der Waals surface area contributed by atoms with Gasteiger partial charge in [-0.25, -0.2) is 10.1 Å². The maximum absolute atomic E-state index is 11.1. The van der Waals surface area contributed by atoms with Gasteiger partial charge in [-0.1, -0.05) is 35.3 Å². The lowest BCUT2D eigenvalue weighted by Gasteiger charge is -2.39. The molecule has 2 aromatic carbocycles. The first kappa shape index (κ1) is 17.7. The molecule has 0 unspecified atom stereocenters. The molecule has 0 aliphatic carbocycles. The molecule has 126 valence electrons. The summed E-state index contributed by atoms with van der Waals surface area (Å²) in [4.78, 5) is 13.3. The van der Waals surface area contributed by atoms with Crippen molar-refractivity contribution in [1.29, 1.82) is 5.26 Å². The van der Waals surface area contributed by atoms with Crippen molar-refractivity contribution in [2.75, 3.05) is 11.4 Å². The van der Waals surface area contributed by atoms with Crippen LogP contribution in [0, 0.1) is 11.2 Å². The zero-order valence-corrected chi connectivity index (χ0v) is 14.8. The number of carboxylic acids is 1. The Hall–Kier alpha value is -2.16. The molecular formula is C18H15BCl2N2O2. The molecule has 7 heteroatoms. The third-order valence-electron chi connectivity index (χ3n) is 4.54. The molecule has 1 aliphatic rings. The first-order valence-electron chi connectivity index (χ1n) is 7.94. The number of carbonyl (C=O) groups is 1. The molecule has 0 saturated carbocycles. The van der Waals surface area contributed by atoms with Crippen molar-refractivity contribution in [3.8, 4) is 5.97 Å². The number of hydrogen-bond acceptors (Lipinski definition) is 3. The summed E-state index contributed by atoms with van der Waals surface area (Å²) >= 11 is 12.4. The van der Waals surface area contributed by atoms with Gasteiger partial charge < -0.3 is 10.0 Å². The Morgan fingerprint density at radius 2 is 1.96 bits per heavy atom. The Morgan fingerprint density at radius 3 is 2.56 bits per heavy atom. The molecule has 2 aromatic rings. The summed E-state index contributed by atoms with van der Waals surface area (Å²) in [5.41, 5.74) is 1.99. The van der Waals surface area contributed by atoms with E-state index in [4.69, 9.17) is 28.3 Å². The summed E-state index contributed by atoms with van der Waals surface area (Å²) in [6.07, 6.45) is 1.44. The minimum atomic E-state index is -1.01. The second-order valence-corrected chi connectivity index (χ2v) is 6.93. The van der Waals surface area contributed by atoms with Crippen LogP contribution in [0.4, 0.5) is 5.69 Å². The summed E-state index contributed by atoms with van der Waals surface area (Å²) < 4.78 is 0. The molecule has 1 N–H and O–H groups in total. The van der Waals surface area contributed by atoms with Crippen molar-refractivity contribution >= 4 is 41.6 Å². The lowest BCUT2D eigenvalue weighted by atomic mass is 9.43. The zero-order valence-electron chi connectivity index (χ0n) is 13.3. The highest BCUT2D eigenvalue weighted by Gasteiger charge is 2.33. The van der Waals surface area contributed by atoms with E-state index >= 15 is 0 Å². The van der Waals surface area contributed by atoms with Crippen LogP contribution in [0.15, 0.2) is 42.5 Å². The van der Waals surface area contributed by atoms with Crippen LogP contribution in [0.25, 0.3) is 0 Å². The molecular weight excluding hydrogens is 358 g/mol. The third kappa shape index (κ3) is 3.76. The summed E-state index contributed by atoms with van der Waals surface area (Å²) in [5.74, 6) is 1.35. The van der Waals surface area contributed by atoms with E-state index in [-0.39, 0.29) is 18.3 Å². The Bertz CT molecular complexity index is 836. The summed E-state index contributed by atoms with van der Waals surface area (Å²) in [7, 11) is 0. The molecule has 0 radical (unpaired) electrons. The van der Waals surface area contributed by atoms with Gasteiger partial charge in [0.25, 0.3) is 6.71 Å². The number of benzene rings is 2. The first-order chi connectivity index (χ1) is 12.0. The van der Waals surface area contributed by atoms with E-state index in [0.717, 1.165) is 17.6 Å². The molecule has 3 rings (SSSR count). The van der Waals surface area contributed by atoms with E-state index in [1.165, 1.54) is 6.07 Å². The second kappa shape index (κ2) is 7.39. The normalized spacial score (nSPS) is 17.2. The van der Waals surface area contributed by atoms with E-state index in [1.807, 2.05) is 24.3 Å². The standard InChI is InChI=1S/C18H15BCl2N2O2/c20-14-4-1-12(2-5-14)17-10-19(11-22)7-8-23(17)16-6-3-13(18(24)25)9-15(16)21/h1-6,9,17H,7-8,10H2,(H,24,25)/t17-/m0/s1. The van der Waals surface area contributed by atoms with Crippen molar-refractivity contribution in [3.63, 3.8) is 0 Å². The first-order valence-corrected chi connectivity index (χ1v) is 8.69. The molecule has 0 spiro atoms. The van der Waals surface area contributed by atoms with Crippen LogP contribution in [-0.2, 0) is 0 Å². The number of anilines is 1. The highest BCUT2D eigenvalue weighted by atomic mass is 35.5. The van der Waals surface area contributed by atoms with Crippen LogP contribution < -0.4 is 4.90 Å². The number of rotatable bonds is 3. The van der Waals surface area contributed by atoms with Gasteiger partial charge in [0, 0.05) is 23.6 Å². The molecule has 25 heavy (non-hydrogen) atoms. The molecule has 0 bridgehead atoms. The van der Waals surface area contributed by atoms with Gasteiger partial charge in [0.2, 0.25) is 0 Å². The monoisotopic (exact) mass is 372 g/mol. The van der Waals surface area contributed by atoms with Crippen molar-refractivity contribution < 1.29 is 9.90 Å². The van der Waals surface area contributed by atoms with Gasteiger partial charge in [-0.2, -0.15) is 0 Å². The third-order valence-corrected chi connectivity index (χ3v) is 5.10. The molecule has 1 saturated heterocycles. The van der Waals surface area contributed by atoms with Crippen molar-refractivity contribution in [2.45, 2.75) is 18.7 Å². The Kier molecular flexibility index (Phi) is 5.22. The van der Waals surface area contributed by atoms with Gasteiger partial charge in [-0.05, 0) is 48.5 Å². The van der Waals surface area contributed by atoms with E-state index in [0.29, 0.717) is 22.9 Å². The topological polar surface area (TPSA) is 64.3 Å². The van der Waals surface area contributed by atoms with E-state index < -0.39 is 5.97 Å². The maximum Gasteiger partial charge on any atom is 0.335 e. The van der Waals surface area contributed by atoms with Gasteiger partial charge >= 0.3 is 5.97 Å². The molecule has 0 aromatic heterocycles. The van der Waals surface area contributed by atoms with Crippen molar-refractivity contribution in [1.82, 2.24) is 0 Å². The Balaban J connectivity index is 1.99. The fraction of sp³-hybridized carbons (Fsp3) is 0.222. The lowest BCUT2D eigenvalue weighted by Crippen LogP contribution is -2.39. The molecule has 0 amide bonds. The van der Waals surface area contributed by atoms with Crippen molar-refractivity contribution in [3.05, 3.63) is 63.6 Å². The average molecular weight is 373 g/mol. The zero-order chi connectivity index (χ0) is 18.0. The second-order valence-electron chi connectivity index (χ2n) is 6.08. The van der Waals surface area contributed by atoms with Crippen LogP contribution in [0.5, 0.6) is 0 Å². The van der Waals surface area contributed by atoms with Crippen LogP contribution in [-0.4, -0.2) is 24.3 Å². The predicted octanol–water partition coefficient (Wildman–Crippen LogP) is 4.81. The number of nitriles is 1. The predicted molar refractivity (Wildman–Crippen MR) is 101 cm³/mol. The van der Waals surface area contributed by atoms with Gasteiger partial charge in [-0.3, -0.25) is 0 Å². The summed E-state index contributed by atoms with van der Waals surface area (Å²) in [5, 5.41) is 19.5. The Labute approximate surface area is 156 Å². The number of nitrogens with zero attached hydrogens (tertiary/aromatic N) is 2. The van der Waals surface area contributed by atoms with Crippen LogP contribution in [0.3, 0.4) is 0 Å².